The average molecular weight is 384 g/mol. The fourth-order valence-corrected chi connectivity index (χ4v) is 5.05. The fraction of sp³-hybridized carbons (Fsp3) is 0.240. The molecule has 2 N–H and O–H groups in total. The zero-order chi connectivity index (χ0) is 19.8. The number of hydrogen-bond acceptors (Lipinski definition) is 2. The third kappa shape index (κ3) is 3.25. The lowest BCUT2D eigenvalue weighted by atomic mass is 9.76. The first-order valence-corrected chi connectivity index (χ1v) is 10.2. The molecule has 2 aliphatic heterocycles. The minimum Gasteiger partial charge on any atom is -0.465 e. The molecule has 2 heterocycles. The third-order valence-electron chi connectivity index (χ3n) is 6.27. The maximum atomic E-state index is 11.4. The van der Waals surface area contributed by atoms with Crippen LogP contribution in [0.3, 0.4) is 0 Å². The molecule has 29 heavy (non-hydrogen) atoms. The highest BCUT2D eigenvalue weighted by Crippen LogP contribution is 2.49. The molecule has 0 saturated heterocycles. The van der Waals surface area contributed by atoms with Gasteiger partial charge in [-0.15, -0.1) is 0 Å². The van der Waals surface area contributed by atoms with E-state index in [1.54, 1.807) is 0 Å². The van der Waals surface area contributed by atoms with Crippen molar-refractivity contribution in [1.29, 1.82) is 0 Å². The summed E-state index contributed by atoms with van der Waals surface area (Å²) in [6, 6.07) is 25.2. The van der Waals surface area contributed by atoms with Crippen LogP contribution in [0.4, 0.5) is 16.2 Å². The zero-order valence-electron chi connectivity index (χ0n) is 16.2. The molecule has 0 saturated carbocycles. The molecule has 0 radical (unpaired) electrons. The Kier molecular flexibility index (Phi) is 4.47. The quantitative estimate of drug-likeness (QED) is 0.613. The summed E-state index contributed by atoms with van der Waals surface area (Å²) in [5.74, 6) is 0.567. The fourth-order valence-electron chi connectivity index (χ4n) is 5.05. The molecule has 2 atom stereocenters. The Balaban J connectivity index is 1.69. The molecule has 0 aliphatic carbocycles. The van der Waals surface area contributed by atoms with E-state index in [0.717, 1.165) is 25.9 Å². The summed E-state index contributed by atoms with van der Waals surface area (Å²) >= 11 is 0. The average Bonchev–Trinajstić information content (AvgIpc) is 2.75. The highest BCUT2D eigenvalue weighted by Gasteiger charge is 2.35. The van der Waals surface area contributed by atoms with Gasteiger partial charge in [-0.1, -0.05) is 60.7 Å². The van der Waals surface area contributed by atoms with Crippen molar-refractivity contribution in [3.05, 3.63) is 95.1 Å². The van der Waals surface area contributed by atoms with Crippen molar-refractivity contribution < 1.29 is 9.90 Å². The molecule has 0 spiro atoms. The molecule has 3 aromatic carbocycles. The standard InChI is InChI=1S/C25H24N2O2/c28-25(29)26-19-15-22-20(17-7-3-1-4-8-17)11-13-27-14-12-21(23(16-19)24(22)27)18-9-5-2-6-10-18/h1-10,15-16,20-21,26H,11-14H2,(H,28,29). The predicted molar refractivity (Wildman–Crippen MR) is 116 cm³/mol. The number of nitrogens with one attached hydrogen (secondary N) is 1. The van der Waals surface area contributed by atoms with Crippen LogP contribution >= 0.6 is 0 Å². The Morgan fingerprint density at radius 2 is 1.31 bits per heavy atom. The lowest BCUT2D eigenvalue weighted by Crippen LogP contribution is -2.37. The van der Waals surface area contributed by atoms with Crippen LogP contribution in [-0.4, -0.2) is 24.3 Å². The molecule has 146 valence electrons. The van der Waals surface area contributed by atoms with E-state index in [2.05, 4.69) is 58.7 Å². The van der Waals surface area contributed by atoms with Crippen molar-refractivity contribution in [1.82, 2.24) is 0 Å². The number of nitrogens with zero attached hydrogens (tertiary/aromatic N) is 1. The molecule has 5 rings (SSSR count). The molecule has 0 aromatic heterocycles. The Morgan fingerprint density at radius 1 is 0.828 bits per heavy atom. The van der Waals surface area contributed by atoms with Crippen molar-refractivity contribution in [3.63, 3.8) is 0 Å². The maximum absolute atomic E-state index is 11.4. The SMILES string of the molecule is O=C(O)Nc1cc2c3c(c1)C(c1ccccc1)CCN3CCC2c1ccccc1. The maximum Gasteiger partial charge on any atom is 0.409 e. The van der Waals surface area contributed by atoms with E-state index in [-0.39, 0.29) is 11.8 Å². The monoisotopic (exact) mass is 384 g/mol. The van der Waals surface area contributed by atoms with Crippen molar-refractivity contribution in [2.24, 2.45) is 0 Å². The molecule has 1 amide bonds. The Hall–Kier alpha value is -3.27. The topological polar surface area (TPSA) is 52.6 Å². The Bertz CT molecular complexity index is 961. The smallest absolute Gasteiger partial charge is 0.409 e. The normalized spacial score (nSPS) is 20.1. The van der Waals surface area contributed by atoms with Crippen LogP contribution in [0.1, 0.15) is 46.9 Å². The largest absolute Gasteiger partial charge is 0.465 e. The van der Waals surface area contributed by atoms with Gasteiger partial charge >= 0.3 is 6.09 Å². The summed E-state index contributed by atoms with van der Waals surface area (Å²) < 4.78 is 0. The molecule has 4 nitrogen and oxygen atoms in total. The van der Waals surface area contributed by atoms with Crippen LogP contribution in [-0.2, 0) is 0 Å². The van der Waals surface area contributed by atoms with Crippen molar-refractivity contribution in [2.45, 2.75) is 24.7 Å². The van der Waals surface area contributed by atoms with Crippen LogP contribution in [0.2, 0.25) is 0 Å². The molecule has 4 heteroatoms. The van der Waals surface area contributed by atoms with E-state index >= 15 is 0 Å². The second-order valence-corrected chi connectivity index (χ2v) is 7.92. The van der Waals surface area contributed by atoms with Gasteiger partial charge in [0, 0.05) is 36.3 Å². The summed E-state index contributed by atoms with van der Waals surface area (Å²) in [6.45, 7) is 2.07. The van der Waals surface area contributed by atoms with Crippen LogP contribution < -0.4 is 10.2 Å². The lowest BCUT2D eigenvalue weighted by Gasteiger charge is -2.43. The van der Waals surface area contributed by atoms with Crippen LogP contribution in [0, 0.1) is 0 Å². The van der Waals surface area contributed by atoms with Gasteiger partial charge in [0.2, 0.25) is 0 Å². The highest BCUT2D eigenvalue weighted by molar-refractivity contribution is 5.85. The first-order valence-electron chi connectivity index (χ1n) is 10.2. The minimum absolute atomic E-state index is 0.284. The number of hydrogen-bond donors (Lipinski definition) is 2. The number of rotatable bonds is 3. The second kappa shape index (κ2) is 7.28. The molecule has 2 aliphatic rings. The van der Waals surface area contributed by atoms with Gasteiger partial charge in [-0.05, 0) is 47.2 Å². The van der Waals surface area contributed by atoms with E-state index < -0.39 is 6.09 Å². The van der Waals surface area contributed by atoms with E-state index in [9.17, 15) is 9.90 Å². The van der Waals surface area contributed by atoms with E-state index in [1.165, 1.54) is 27.9 Å². The van der Waals surface area contributed by atoms with Crippen LogP contribution in [0.5, 0.6) is 0 Å². The first kappa shape index (κ1) is 17.8. The van der Waals surface area contributed by atoms with E-state index in [1.807, 2.05) is 24.3 Å². The van der Waals surface area contributed by atoms with Crippen molar-refractivity contribution >= 4 is 17.5 Å². The number of amides is 1. The van der Waals surface area contributed by atoms with Crippen LogP contribution in [0.15, 0.2) is 72.8 Å². The number of anilines is 2. The molecule has 0 fully saturated rings. The summed E-state index contributed by atoms with van der Waals surface area (Å²) in [5.41, 5.74) is 7.04. The minimum atomic E-state index is -1.02. The molecular weight excluding hydrogens is 360 g/mol. The highest BCUT2D eigenvalue weighted by atomic mass is 16.4. The Labute approximate surface area is 170 Å². The van der Waals surface area contributed by atoms with Crippen molar-refractivity contribution in [3.8, 4) is 0 Å². The first-order chi connectivity index (χ1) is 14.2. The summed E-state index contributed by atoms with van der Waals surface area (Å²) in [5, 5.41) is 12.0. The van der Waals surface area contributed by atoms with Gasteiger partial charge in [-0.2, -0.15) is 0 Å². The van der Waals surface area contributed by atoms with E-state index in [0.29, 0.717) is 5.69 Å². The predicted octanol–water partition coefficient (Wildman–Crippen LogP) is 5.65. The second-order valence-electron chi connectivity index (χ2n) is 7.92. The van der Waals surface area contributed by atoms with Crippen molar-refractivity contribution in [2.75, 3.05) is 23.3 Å². The summed E-state index contributed by atoms with van der Waals surface area (Å²) in [4.78, 5) is 13.9. The van der Waals surface area contributed by atoms with Gasteiger partial charge in [0.15, 0.2) is 0 Å². The van der Waals surface area contributed by atoms with Gasteiger partial charge in [0.05, 0.1) is 0 Å². The van der Waals surface area contributed by atoms with Crippen LogP contribution in [0.25, 0.3) is 0 Å². The van der Waals surface area contributed by atoms with Gasteiger partial charge in [0.1, 0.15) is 0 Å². The number of carboxylic acid groups (broad SMARTS) is 1. The molecule has 2 unspecified atom stereocenters. The number of carbonyl (C=O) groups is 1. The van der Waals surface area contributed by atoms with Gasteiger partial charge < -0.3 is 10.0 Å². The lowest BCUT2D eigenvalue weighted by molar-refractivity contribution is 0.209. The van der Waals surface area contributed by atoms with E-state index in [4.69, 9.17) is 0 Å². The summed E-state index contributed by atoms with van der Waals surface area (Å²) in [7, 11) is 0. The third-order valence-corrected chi connectivity index (χ3v) is 6.27. The van der Waals surface area contributed by atoms with Gasteiger partial charge in [-0.25, -0.2) is 4.79 Å². The molecule has 0 bridgehead atoms. The van der Waals surface area contributed by atoms with Gasteiger partial charge in [0.25, 0.3) is 0 Å². The number of benzene rings is 3. The molecular formula is C25H24N2O2. The van der Waals surface area contributed by atoms with Gasteiger partial charge in [-0.3, -0.25) is 5.32 Å². The zero-order valence-corrected chi connectivity index (χ0v) is 16.2. The molecule has 3 aromatic rings. The Morgan fingerprint density at radius 3 is 1.76 bits per heavy atom. The summed E-state index contributed by atoms with van der Waals surface area (Å²) in [6.07, 6.45) is 1.07.